The van der Waals surface area contributed by atoms with E-state index in [1.54, 1.807) is 4.68 Å². The van der Waals surface area contributed by atoms with Crippen LogP contribution in [0.4, 0.5) is 0 Å². The summed E-state index contributed by atoms with van der Waals surface area (Å²) in [7, 11) is 3.26. The second-order valence-electron chi connectivity index (χ2n) is 3.03. The molecule has 0 radical (unpaired) electrons. The first-order valence-corrected chi connectivity index (χ1v) is 4.47. The van der Waals surface area contributed by atoms with Crippen molar-refractivity contribution in [2.24, 2.45) is 7.05 Å². The van der Waals surface area contributed by atoms with E-state index in [0.29, 0.717) is 0 Å². The SMILES string of the molecule is COC(=O)CNCCc1cnn(C)c1. The van der Waals surface area contributed by atoms with Crippen LogP contribution in [0, 0.1) is 0 Å². The minimum atomic E-state index is -0.240. The van der Waals surface area contributed by atoms with Crippen molar-refractivity contribution in [2.45, 2.75) is 6.42 Å². The zero-order valence-corrected chi connectivity index (χ0v) is 8.49. The van der Waals surface area contributed by atoms with Crippen molar-refractivity contribution >= 4 is 5.97 Å². The Kier molecular flexibility index (Phi) is 4.12. The number of aromatic nitrogens is 2. The van der Waals surface area contributed by atoms with Gasteiger partial charge in [0.25, 0.3) is 0 Å². The number of nitrogens with zero attached hydrogens (tertiary/aromatic N) is 2. The van der Waals surface area contributed by atoms with Gasteiger partial charge in [0, 0.05) is 13.2 Å². The number of esters is 1. The lowest BCUT2D eigenvalue weighted by Crippen LogP contribution is -2.25. The quantitative estimate of drug-likeness (QED) is 0.521. The zero-order valence-electron chi connectivity index (χ0n) is 8.49. The molecule has 0 fully saturated rings. The summed E-state index contributed by atoms with van der Waals surface area (Å²) in [4.78, 5) is 10.7. The van der Waals surface area contributed by atoms with E-state index < -0.39 is 0 Å². The molecule has 0 atom stereocenters. The zero-order chi connectivity index (χ0) is 10.4. The number of carbonyl (C=O) groups is 1. The summed E-state index contributed by atoms with van der Waals surface area (Å²) >= 11 is 0. The van der Waals surface area contributed by atoms with Crippen LogP contribution in [0.15, 0.2) is 12.4 Å². The van der Waals surface area contributed by atoms with Crippen LogP contribution in [0.5, 0.6) is 0 Å². The van der Waals surface area contributed by atoms with E-state index in [2.05, 4.69) is 15.2 Å². The number of hydrogen-bond acceptors (Lipinski definition) is 4. The number of carbonyl (C=O) groups excluding carboxylic acids is 1. The fraction of sp³-hybridized carbons (Fsp3) is 0.556. The minimum absolute atomic E-state index is 0.240. The second-order valence-corrected chi connectivity index (χ2v) is 3.03. The molecular formula is C9H15N3O2. The van der Waals surface area contributed by atoms with E-state index in [1.165, 1.54) is 7.11 Å². The molecular weight excluding hydrogens is 182 g/mol. The Morgan fingerprint density at radius 3 is 3.07 bits per heavy atom. The first-order valence-electron chi connectivity index (χ1n) is 4.47. The van der Waals surface area contributed by atoms with Crippen LogP contribution in [0.3, 0.4) is 0 Å². The van der Waals surface area contributed by atoms with Crippen LogP contribution in [0.2, 0.25) is 0 Å². The molecule has 0 amide bonds. The molecule has 5 heteroatoms. The van der Waals surface area contributed by atoms with Crippen molar-refractivity contribution in [1.29, 1.82) is 0 Å². The topological polar surface area (TPSA) is 56.1 Å². The molecule has 0 spiro atoms. The Hall–Kier alpha value is -1.36. The molecule has 0 saturated heterocycles. The first kappa shape index (κ1) is 10.7. The molecule has 1 aromatic rings. The summed E-state index contributed by atoms with van der Waals surface area (Å²) in [6, 6.07) is 0. The first-order chi connectivity index (χ1) is 6.72. The Balaban J connectivity index is 2.13. The number of rotatable bonds is 5. The molecule has 78 valence electrons. The smallest absolute Gasteiger partial charge is 0.319 e. The predicted octanol–water partition coefficient (Wildman–Crippen LogP) is -0.275. The van der Waals surface area contributed by atoms with Gasteiger partial charge in [0.1, 0.15) is 0 Å². The van der Waals surface area contributed by atoms with E-state index >= 15 is 0 Å². The van der Waals surface area contributed by atoms with Crippen molar-refractivity contribution < 1.29 is 9.53 Å². The summed E-state index contributed by atoms with van der Waals surface area (Å²) in [6.45, 7) is 1.01. The molecule has 0 unspecified atom stereocenters. The Morgan fingerprint density at radius 2 is 2.50 bits per heavy atom. The molecule has 0 bridgehead atoms. The van der Waals surface area contributed by atoms with Crippen LogP contribution in [0.25, 0.3) is 0 Å². The molecule has 5 nitrogen and oxygen atoms in total. The van der Waals surface area contributed by atoms with Crippen molar-refractivity contribution in [3.05, 3.63) is 18.0 Å². The molecule has 0 aliphatic heterocycles. The highest BCUT2D eigenvalue weighted by molar-refractivity contribution is 5.71. The summed E-state index contributed by atoms with van der Waals surface area (Å²) in [6.07, 6.45) is 4.64. The average Bonchev–Trinajstić information content (AvgIpc) is 2.58. The van der Waals surface area contributed by atoms with Crippen LogP contribution < -0.4 is 5.32 Å². The molecule has 1 rings (SSSR count). The van der Waals surface area contributed by atoms with Crippen LogP contribution in [-0.4, -0.2) is 35.9 Å². The van der Waals surface area contributed by atoms with Crippen LogP contribution >= 0.6 is 0 Å². The average molecular weight is 197 g/mol. The maximum atomic E-state index is 10.7. The highest BCUT2D eigenvalue weighted by Gasteiger charge is 1.99. The standard InChI is InChI=1S/C9H15N3O2/c1-12-7-8(5-11-12)3-4-10-6-9(13)14-2/h5,7,10H,3-4,6H2,1-2H3. The molecule has 1 N–H and O–H groups in total. The van der Waals surface area contributed by atoms with Crippen molar-refractivity contribution in [1.82, 2.24) is 15.1 Å². The van der Waals surface area contributed by atoms with E-state index in [1.807, 2.05) is 19.4 Å². The summed E-state index contributed by atoms with van der Waals surface area (Å²) in [5.74, 6) is -0.240. The molecule has 1 heterocycles. The maximum Gasteiger partial charge on any atom is 0.319 e. The van der Waals surface area contributed by atoms with Crippen LogP contribution in [0.1, 0.15) is 5.56 Å². The number of methoxy groups -OCH3 is 1. The Labute approximate surface area is 83.1 Å². The predicted molar refractivity (Wildman–Crippen MR) is 51.8 cm³/mol. The molecule has 1 aromatic heterocycles. The van der Waals surface area contributed by atoms with Gasteiger partial charge in [0.2, 0.25) is 0 Å². The molecule has 0 aliphatic rings. The Morgan fingerprint density at radius 1 is 1.71 bits per heavy atom. The van der Waals surface area contributed by atoms with Gasteiger partial charge in [-0.05, 0) is 18.5 Å². The minimum Gasteiger partial charge on any atom is -0.468 e. The van der Waals surface area contributed by atoms with E-state index in [4.69, 9.17) is 0 Å². The van der Waals surface area contributed by atoms with Gasteiger partial charge in [-0.2, -0.15) is 5.10 Å². The van der Waals surface area contributed by atoms with Gasteiger partial charge in [0.15, 0.2) is 0 Å². The van der Waals surface area contributed by atoms with E-state index in [0.717, 1.165) is 18.5 Å². The molecule has 14 heavy (non-hydrogen) atoms. The second kappa shape index (κ2) is 5.39. The third kappa shape index (κ3) is 3.57. The third-order valence-corrected chi connectivity index (χ3v) is 1.85. The van der Waals surface area contributed by atoms with Crippen molar-refractivity contribution in [3.8, 4) is 0 Å². The largest absolute Gasteiger partial charge is 0.468 e. The molecule has 0 saturated carbocycles. The van der Waals surface area contributed by atoms with E-state index in [9.17, 15) is 4.79 Å². The highest BCUT2D eigenvalue weighted by atomic mass is 16.5. The summed E-state index contributed by atoms with van der Waals surface area (Å²) < 4.78 is 6.25. The molecule has 0 aliphatic carbocycles. The number of nitrogens with one attached hydrogen (secondary N) is 1. The third-order valence-electron chi connectivity index (χ3n) is 1.85. The van der Waals surface area contributed by atoms with Gasteiger partial charge in [-0.3, -0.25) is 9.48 Å². The normalized spacial score (nSPS) is 10.1. The summed E-state index contributed by atoms with van der Waals surface area (Å²) in [5.41, 5.74) is 1.16. The lowest BCUT2D eigenvalue weighted by Gasteiger charge is -2.01. The monoisotopic (exact) mass is 197 g/mol. The van der Waals surface area contributed by atoms with Gasteiger partial charge in [0.05, 0.1) is 19.9 Å². The lowest BCUT2D eigenvalue weighted by atomic mass is 10.2. The van der Waals surface area contributed by atoms with Crippen LogP contribution in [-0.2, 0) is 23.0 Å². The number of ether oxygens (including phenoxy) is 1. The van der Waals surface area contributed by atoms with Gasteiger partial charge >= 0.3 is 5.97 Å². The maximum absolute atomic E-state index is 10.7. The fourth-order valence-electron chi connectivity index (χ4n) is 1.10. The van der Waals surface area contributed by atoms with Gasteiger partial charge < -0.3 is 10.1 Å². The lowest BCUT2D eigenvalue weighted by molar-refractivity contribution is -0.139. The van der Waals surface area contributed by atoms with Gasteiger partial charge in [-0.25, -0.2) is 0 Å². The van der Waals surface area contributed by atoms with Crippen molar-refractivity contribution in [3.63, 3.8) is 0 Å². The van der Waals surface area contributed by atoms with E-state index in [-0.39, 0.29) is 12.5 Å². The highest BCUT2D eigenvalue weighted by Crippen LogP contribution is 1.95. The summed E-state index contributed by atoms with van der Waals surface area (Å²) in [5, 5.41) is 7.03. The number of aryl methyl sites for hydroxylation is 1. The van der Waals surface area contributed by atoms with Gasteiger partial charge in [-0.15, -0.1) is 0 Å². The fourth-order valence-corrected chi connectivity index (χ4v) is 1.10. The Bertz CT molecular complexity index is 296. The number of hydrogen-bond donors (Lipinski definition) is 1. The van der Waals surface area contributed by atoms with Crippen molar-refractivity contribution in [2.75, 3.05) is 20.2 Å². The molecule has 0 aromatic carbocycles. The van der Waals surface area contributed by atoms with Gasteiger partial charge in [-0.1, -0.05) is 0 Å².